The van der Waals surface area contributed by atoms with E-state index in [0.717, 1.165) is 13.0 Å². The number of amides is 1. The molecule has 0 radical (unpaired) electrons. The predicted octanol–water partition coefficient (Wildman–Crippen LogP) is 0.690. The van der Waals surface area contributed by atoms with Gasteiger partial charge >= 0.3 is 5.97 Å². The summed E-state index contributed by atoms with van der Waals surface area (Å²) in [6, 6.07) is -0.545. The zero-order valence-electron chi connectivity index (χ0n) is 11.2. The van der Waals surface area contributed by atoms with Crippen molar-refractivity contribution in [1.29, 1.82) is 0 Å². The highest BCUT2D eigenvalue weighted by atomic mass is 16.5. The molecule has 0 fully saturated rings. The molecule has 1 atom stereocenters. The summed E-state index contributed by atoms with van der Waals surface area (Å²) in [6.07, 6.45) is 1.56. The van der Waals surface area contributed by atoms with Crippen LogP contribution in [0.3, 0.4) is 0 Å². The molecule has 5 nitrogen and oxygen atoms in total. The van der Waals surface area contributed by atoms with Crippen molar-refractivity contribution in [3.05, 3.63) is 0 Å². The molecule has 0 aromatic rings. The average molecular weight is 244 g/mol. The van der Waals surface area contributed by atoms with Crippen molar-refractivity contribution in [2.75, 3.05) is 20.2 Å². The molecular weight excluding hydrogens is 220 g/mol. The molecule has 100 valence electrons. The first-order chi connectivity index (χ1) is 8.01. The Balaban J connectivity index is 4.13. The van der Waals surface area contributed by atoms with Crippen LogP contribution in [0.5, 0.6) is 0 Å². The van der Waals surface area contributed by atoms with E-state index in [0.29, 0.717) is 12.3 Å². The molecule has 0 bridgehead atoms. The molecule has 0 aliphatic heterocycles. The minimum atomic E-state index is -0.545. The van der Waals surface area contributed by atoms with Crippen LogP contribution in [0.4, 0.5) is 0 Å². The third-order valence-electron chi connectivity index (χ3n) is 2.24. The fourth-order valence-electron chi connectivity index (χ4n) is 1.45. The Morgan fingerprint density at radius 1 is 1.29 bits per heavy atom. The van der Waals surface area contributed by atoms with E-state index in [-0.39, 0.29) is 18.4 Å². The van der Waals surface area contributed by atoms with Gasteiger partial charge in [0.25, 0.3) is 0 Å². The lowest BCUT2D eigenvalue weighted by molar-refractivity contribution is -0.145. The number of hydrogen-bond donors (Lipinski definition) is 2. The fraction of sp³-hybridized carbons (Fsp3) is 0.833. The quantitative estimate of drug-likeness (QED) is 0.487. The molecule has 0 unspecified atom stereocenters. The molecule has 0 saturated carbocycles. The van der Waals surface area contributed by atoms with Gasteiger partial charge in [0, 0.05) is 0 Å². The summed E-state index contributed by atoms with van der Waals surface area (Å²) in [5.74, 6) is -0.236. The molecule has 0 heterocycles. The first-order valence-electron chi connectivity index (χ1n) is 6.09. The Kier molecular flexibility index (Phi) is 8.40. The first-order valence-corrected chi connectivity index (χ1v) is 6.09. The predicted molar refractivity (Wildman–Crippen MR) is 66.6 cm³/mol. The number of carbonyl (C=O) groups excluding carboxylic acids is 2. The summed E-state index contributed by atoms with van der Waals surface area (Å²) >= 11 is 0. The summed E-state index contributed by atoms with van der Waals surface area (Å²) in [5.41, 5.74) is 0. The second kappa shape index (κ2) is 8.98. The summed E-state index contributed by atoms with van der Waals surface area (Å²) < 4.78 is 4.67. The summed E-state index contributed by atoms with van der Waals surface area (Å²) in [6.45, 7) is 7.05. The van der Waals surface area contributed by atoms with Gasteiger partial charge in [-0.3, -0.25) is 4.79 Å². The van der Waals surface area contributed by atoms with E-state index in [1.165, 1.54) is 7.11 Å². The highest BCUT2D eigenvalue weighted by Crippen LogP contribution is 2.05. The van der Waals surface area contributed by atoms with Gasteiger partial charge in [0.05, 0.1) is 13.7 Å². The van der Waals surface area contributed by atoms with E-state index < -0.39 is 6.04 Å². The molecular formula is C12H24N2O3. The van der Waals surface area contributed by atoms with E-state index in [1.54, 1.807) is 0 Å². The van der Waals surface area contributed by atoms with E-state index in [9.17, 15) is 9.59 Å². The lowest BCUT2D eigenvalue weighted by Crippen LogP contribution is -2.45. The SMILES string of the molecule is CCCNCC(=O)N[C@@H](CC(C)C)C(=O)OC. The van der Waals surface area contributed by atoms with Crippen LogP contribution in [0, 0.1) is 5.92 Å². The van der Waals surface area contributed by atoms with Gasteiger partial charge in [-0.2, -0.15) is 0 Å². The molecule has 2 N–H and O–H groups in total. The lowest BCUT2D eigenvalue weighted by Gasteiger charge is -2.18. The Hall–Kier alpha value is -1.10. The first kappa shape index (κ1) is 15.9. The maximum atomic E-state index is 11.5. The molecule has 0 spiro atoms. The molecule has 5 heteroatoms. The highest BCUT2D eigenvalue weighted by molar-refractivity contribution is 5.85. The normalized spacial score (nSPS) is 12.3. The average Bonchev–Trinajstić information content (AvgIpc) is 2.27. The lowest BCUT2D eigenvalue weighted by atomic mass is 10.0. The monoisotopic (exact) mass is 244 g/mol. The molecule has 0 saturated heterocycles. The maximum absolute atomic E-state index is 11.5. The summed E-state index contributed by atoms with van der Waals surface area (Å²) in [7, 11) is 1.33. The van der Waals surface area contributed by atoms with Crippen molar-refractivity contribution < 1.29 is 14.3 Å². The van der Waals surface area contributed by atoms with Crippen LogP contribution >= 0.6 is 0 Å². The van der Waals surface area contributed by atoms with Crippen LogP contribution in [0.25, 0.3) is 0 Å². The second-order valence-corrected chi connectivity index (χ2v) is 4.45. The number of nitrogens with one attached hydrogen (secondary N) is 2. The van der Waals surface area contributed by atoms with Crippen LogP contribution in [0.1, 0.15) is 33.6 Å². The third kappa shape index (κ3) is 7.74. The van der Waals surface area contributed by atoms with Crippen molar-refractivity contribution >= 4 is 11.9 Å². The van der Waals surface area contributed by atoms with Crippen LogP contribution in [0.2, 0.25) is 0 Å². The standard InChI is InChI=1S/C12H24N2O3/c1-5-6-13-8-11(15)14-10(7-9(2)3)12(16)17-4/h9-10,13H,5-8H2,1-4H3,(H,14,15)/t10-/m0/s1. The van der Waals surface area contributed by atoms with Gasteiger partial charge in [0.2, 0.25) is 5.91 Å². The minimum Gasteiger partial charge on any atom is -0.467 e. The van der Waals surface area contributed by atoms with Gasteiger partial charge in [-0.1, -0.05) is 20.8 Å². The van der Waals surface area contributed by atoms with E-state index in [2.05, 4.69) is 15.4 Å². The Morgan fingerprint density at radius 3 is 2.41 bits per heavy atom. The molecule has 0 aliphatic carbocycles. The number of methoxy groups -OCH3 is 1. The van der Waals surface area contributed by atoms with Crippen molar-refractivity contribution in [1.82, 2.24) is 10.6 Å². The van der Waals surface area contributed by atoms with Gasteiger partial charge in [-0.25, -0.2) is 4.79 Å². The number of hydrogen-bond acceptors (Lipinski definition) is 4. The highest BCUT2D eigenvalue weighted by Gasteiger charge is 2.22. The van der Waals surface area contributed by atoms with Crippen molar-refractivity contribution in [2.45, 2.75) is 39.7 Å². The van der Waals surface area contributed by atoms with Crippen molar-refractivity contribution in [3.63, 3.8) is 0 Å². The van der Waals surface area contributed by atoms with Gasteiger partial charge in [0.1, 0.15) is 6.04 Å². The second-order valence-electron chi connectivity index (χ2n) is 4.45. The van der Waals surface area contributed by atoms with E-state index in [1.807, 2.05) is 20.8 Å². The summed E-state index contributed by atoms with van der Waals surface area (Å²) in [4.78, 5) is 23.0. The van der Waals surface area contributed by atoms with Gasteiger partial charge in [-0.15, -0.1) is 0 Å². The van der Waals surface area contributed by atoms with Crippen molar-refractivity contribution in [2.24, 2.45) is 5.92 Å². The summed E-state index contributed by atoms with van der Waals surface area (Å²) in [5, 5.41) is 5.67. The molecule has 1 amide bonds. The van der Waals surface area contributed by atoms with E-state index in [4.69, 9.17) is 0 Å². The fourth-order valence-corrected chi connectivity index (χ4v) is 1.45. The number of rotatable bonds is 8. The van der Waals surface area contributed by atoms with Crippen LogP contribution in [-0.4, -0.2) is 38.1 Å². The zero-order chi connectivity index (χ0) is 13.3. The molecule has 0 aromatic carbocycles. The molecule has 0 rings (SSSR count). The zero-order valence-corrected chi connectivity index (χ0v) is 11.2. The Bertz CT molecular complexity index is 242. The minimum absolute atomic E-state index is 0.172. The number of carbonyl (C=O) groups is 2. The molecule has 17 heavy (non-hydrogen) atoms. The van der Waals surface area contributed by atoms with Crippen LogP contribution < -0.4 is 10.6 Å². The number of esters is 1. The van der Waals surface area contributed by atoms with Gasteiger partial charge < -0.3 is 15.4 Å². The van der Waals surface area contributed by atoms with E-state index >= 15 is 0 Å². The third-order valence-corrected chi connectivity index (χ3v) is 2.24. The van der Waals surface area contributed by atoms with Crippen LogP contribution in [-0.2, 0) is 14.3 Å². The largest absolute Gasteiger partial charge is 0.467 e. The molecule has 0 aromatic heterocycles. The Morgan fingerprint density at radius 2 is 1.94 bits per heavy atom. The Labute approximate surface area is 103 Å². The smallest absolute Gasteiger partial charge is 0.328 e. The van der Waals surface area contributed by atoms with Crippen LogP contribution in [0.15, 0.2) is 0 Å². The van der Waals surface area contributed by atoms with Gasteiger partial charge in [0.15, 0.2) is 0 Å². The van der Waals surface area contributed by atoms with Crippen molar-refractivity contribution in [3.8, 4) is 0 Å². The topological polar surface area (TPSA) is 67.4 Å². The van der Waals surface area contributed by atoms with Gasteiger partial charge in [-0.05, 0) is 25.3 Å². The maximum Gasteiger partial charge on any atom is 0.328 e. The number of ether oxygens (including phenoxy) is 1. The molecule has 0 aliphatic rings.